The van der Waals surface area contributed by atoms with Gasteiger partial charge >= 0.3 is 5.69 Å². The maximum absolute atomic E-state index is 12.5. The molecule has 1 aliphatic heterocycles. The molecule has 1 saturated heterocycles. The van der Waals surface area contributed by atoms with Gasteiger partial charge in [-0.3, -0.25) is 9.20 Å². The maximum Gasteiger partial charge on any atom is 0.350 e. The van der Waals surface area contributed by atoms with Crippen LogP contribution < -0.4 is 5.69 Å². The number of hydrogen-bond donors (Lipinski definition) is 1. The molecular weight excluding hydrogens is 296 g/mol. The van der Waals surface area contributed by atoms with Gasteiger partial charge in [0, 0.05) is 24.7 Å². The van der Waals surface area contributed by atoms with Crippen molar-refractivity contribution in [1.82, 2.24) is 19.1 Å². The maximum atomic E-state index is 12.5. The molecule has 1 atom stereocenters. The summed E-state index contributed by atoms with van der Waals surface area (Å²) in [5.41, 5.74) is -0.0245. The lowest BCUT2D eigenvalue weighted by Gasteiger charge is -2.31. The van der Waals surface area contributed by atoms with Gasteiger partial charge in [0.25, 0.3) is 0 Å². The molecule has 7 nitrogen and oxygen atoms in total. The predicted molar refractivity (Wildman–Crippen MR) is 85.0 cm³/mol. The van der Waals surface area contributed by atoms with E-state index in [1.165, 1.54) is 9.08 Å². The number of amides is 1. The lowest BCUT2D eigenvalue weighted by atomic mass is 9.77. The summed E-state index contributed by atoms with van der Waals surface area (Å²) in [6, 6.07) is 5.28. The number of likely N-dealkylation sites (tertiary alicyclic amines) is 1. The quantitative estimate of drug-likeness (QED) is 0.883. The van der Waals surface area contributed by atoms with E-state index in [2.05, 4.69) is 18.9 Å². The van der Waals surface area contributed by atoms with Gasteiger partial charge in [-0.15, -0.1) is 5.10 Å². The van der Waals surface area contributed by atoms with E-state index in [1.54, 1.807) is 29.3 Å². The van der Waals surface area contributed by atoms with Crippen molar-refractivity contribution in [3.05, 3.63) is 34.9 Å². The monoisotopic (exact) mass is 318 g/mol. The molecule has 1 amide bonds. The van der Waals surface area contributed by atoms with E-state index in [9.17, 15) is 14.7 Å². The summed E-state index contributed by atoms with van der Waals surface area (Å²) in [5.74, 6) is 0.162. The zero-order valence-electron chi connectivity index (χ0n) is 13.5. The van der Waals surface area contributed by atoms with Crippen LogP contribution >= 0.6 is 0 Å². The molecule has 1 N–H and O–H groups in total. The third-order valence-electron chi connectivity index (χ3n) is 5.05. The SMILES string of the molecule is CC(C)C1(CO)CCN(C(=O)Cn2nc3ccccn3c2=O)C1. The van der Waals surface area contributed by atoms with Crippen molar-refractivity contribution in [2.75, 3.05) is 19.7 Å². The van der Waals surface area contributed by atoms with Crippen LogP contribution in [0, 0.1) is 11.3 Å². The number of aromatic nitrogens is 3. The van der Waals surface area contributed by atoms with Crippen molar-refractivity contribution in [3.63, 3.8) is 0 Å². The van der Waals surface area contributed by atoms with E-state index in [1.807, 2.05) is 0 Å². The molecule has 0 saturated carbocycles. The second-order valence-electron chi connectivity index (χ2n) is 6.61. The van der Waals surface area contributed by atoms with Gasteiger partial charge in [-0.25, -0.2) is 9.48 Å². The normalized spacial score (nSPS) is 21.5. The smallest absolute Gasteiger partial charge is 0.350 e. The highest BCUT2D eigenvalue weighted by Gasteiger charge is 2.41. The minimum Gasteiger partial charge on any atom is -0.396 e. The number of nitrogens with zero attached hydrogens (tertiary/aromatic N) is 4. The number of rotatable bonds is 4. The first-order valence-corrected chi connectivity index (χ1v) is 7.90. The van der Waals surface area contributed by atoms with Gasteiger partial charge < -0.3 is 10.0 Å². The summed E-state index contributed by atoms with van der Waals surface area (Å²) in [4.78, 5) is 26.5. The Bertz CT molecular complexity index is 779. The average Bonchev–Trinajstić information content (AvgIpc) is 3.11. The van der Waals surface area contributed by atoms with Gasteiger partial charge in [0.15, 0.2) is 5.65 Å². The molecule has 1 aliphatic rings. The van der Waals surface area contributed by atoms with Crippen LogP contribution in [0.5, 0.6) is 0 Å². The van der Waals surface area contributed by atoms with Gasteiger partial charge in [0.2, 0.25) is 5.91 Å². The summed E-state index contributed by atoms with van der Waals surface area (Å²) < 4.78 is 2.62. The number of pyridine rings is 1. The second kappa shape index (κ2) is 5.81. The highest BCUT2D eigenvalue weighted by atomic mass is 16.3. The molecule has 2 aromatic heterocycles. The third-order valence-corrected chi connectivity index (χ3v) is 5.05. The Labute approximate surface area is 134 Å². The Balaban J connectivity index is 1.77. The van der Waals surface area contributed by atoms with E-state index in [-0.39, 0.29) is 30.2 Å². The zero-order valence-corrected chi connectivity index (χ0v) is 13.5. The average molecular weight is 318 g/mol. The van der Waals surface area contributed by atoms with Crippen LogP contribution in [-0.2, 0) is 11.3 Å². The molecule has 1 unspecified atom stereocenters. The molecule has 7 heteroatoms. The summed E-state index contributed by atoms with van der Waals surface area (Å²) in [6.45, 7) is 5.28. The molecule has 0 bridgehead atoms. The molecule has 1 fully saturated rings. The zero-order chi connectivity index (χ0) is 16.6. The van der Waals surface area contributed by atoms with Crippen molar-refractivity contribution in [2.24, 2.45) is 11.3 Å². The van der Waals surface area contributed by atoms with Gasteiger partial charge in [-0.2, -0.15) is 0 Å². The fourth-order valence-corrected chi connectivity index (χ4v) is 3.19. The van der Waals surface area contributed by atoms with Gasteiger partial charge in [-0.05, 0) is 24.5 Å². The van der Waals surface area contributed by atoms with Crippen molar-refractivity contribution in [1.29, 1.82) is 0 Å². The van der Waals surface area contributed by atoms with Crippen molar-refractivity contribution in [2.45, 2.75) is 26.8 Å². The Morgan fingerprint density at radius 1 is 1.43 bits per heavy atom. The van der Waals surface area contributed by atoms with Crippen molar-refractivity contribution < 1.29 is 9.90 Å². The largest absolute Gasteiger partial charge is 0.396 e. The fourth-order valence-electron chi connectivity index (χ4n) is 3.19. The molecule has 0 spiro atoms. The third kappa shape index (κ3) is 2.65. The van der Waals surface area contributed by atoms with E-state index < -0.39 is 0 Å². The second-order valence-corrected chi connectivity index (χ2v) is 6.61. The summed E-state index contributed by atoms with van der Waals surface area (Å²) in [7, 11) is 0. The minimum atomic E-state index is -0.314. The lowest BCUT2D eigenvalue weighted by Crippen LogP contribution is -2.39. The van der Waals surface area contributed by atoms with Crippen LogP contribution in [0.3, 0.4) is 0 Å². The van der Waals surface area contributed by atoms with Crippen LogP contribution in [0.15, 0.2) is 29.2 Å². The molecule has 0 aromatic carbocycles. The van der Waals surface area contributed by atoms with Crippen LogP contribution in [0.2, 0.25) is 0 Å². The molecular formula is C16H22N4O3. The van der Waals surface area contributed by atoms with Crippen molar-refractivity contribution in [3.8, 4) is 0 Å². The molecule has 23 heavy (non-hydrogen) atoms. The van der Waals surface area contributed by atoms with E-state index in [0.717, 1.165) is 6.42 Å². The van der Waals surface area contributed by atoms with Crippen molar-refractivity contribution >= 4 is 11.6 Å². The molecule has 0 radical (unpaired) electrons. The fraction of sp³-hybridized carbons (Fsp3) is 0.562. The Kier molecular flexibility index (Phi) is 3.97. The molecule has 124 valence electrons. The number of aliphatic hydroxyl groups excluding tert-OH is 1. The Morgan fingerprint density at radius 2 is 2.22 bits per heavy atom. The van der Waals surface area contributed by atoms with Gasteiger partial charge in [0.05, 0.1) is 6.61 Å². The minimum absolute atomic E-state index is 0.0693. The van der Waals surface area contributed by atoms with Crippen LogP contribution in [0.1, 0.15) is 20.3 Å². The Hall–Kier alpha value is -2.15. The number of aliphatic hydroxyl groups is 1. The number of carbonyl (C=O) groups excluding carboxylic acids is 1. The number of fused-ring (bicyclic) bond motifs is 1. The van der Waals surface area contributed by atoms with Gasteiger partial charge in [0.1, 0.15) is 6.54 Å². The molecule has 2 aromatic rings. The highest BCUT2D eigenvalue weighted by molar-refractivity contribution is 5.76. The summed E-state index contributed by atoms with van der Waals surface area (Å²) in [6.07, 6.45) is 2.42. The van der Waals surface area contributed by atoms with Crippen LogP contribution in [0.25, 0.3) is 5.65 Å². The summed E-state index contributed by atoms with van der Waals surface area (Å²) in [5, 5.41) is 13.9. The first-order valence-electron chi connectivity index (χ1n) is 7.90. The molecule has 3 heterocycles. The molecule has 3 rings (SSSR count). The lowest BCUT2D eigenvalue weighted by molar-refractivity contribution is -0.131. The van der Waals surface area contributed by atoms with E-state index >= 15 is 0 Å². The van der Waals surface area contributed by atoms with Gasteiger partial charge in [-0.1, -0.05) is 19.9 Å². The van der Waals surface area contributed by atoms with E-state index in [0.29, 0.717) is 24.7 Å². The predicted octanol–water partition coefficient (Wildman–Crippen LogP) is 0.363. The number of hydrogen-bond acceptors (Lipinski definition) is 4. The standard InChI is InChI=1S/C16H22N4O3/c1-12(2)16(11-21)6-8-18(10-16)14(22)9-20-15(23)19-7-4-3-5-13(19)17-20/h3-5,7,12,21H,6,8-11H2,1-2H3. The first-order chi connectivity index (χ1) is 11.0. The first kappa shape index (κ1) is 15.7. The Morgan fingerprint density at radius 3 is 2.83 bits per heavy atom. The number of carbonyl (C=O) groups is 1. The highest BCUT2D eigenvalue weighted by Crippen LogP contribution is 2.37. The summed E-state index contributed by atoms with van der Waals surface area (Å²) >= 11 is 0. The van der Waals surface area contributed by atoms with E-state index in [4.69, 9.17) is 0 Å². The molecule has 0 aliphatic carbocycles. The van der Waals surface area contributed by atoms with Crippen LogP contribution in [-0.4, -0.2) is 49.8 Å². The topological polar surface area (TPSA) is 79.8 Å². The van der Waals surface area contributed by atoms with Crippen LogP contribution in [0.4, 0.5) is 0 Å².